The van der Waals surface area contributed by atoms with Crippen LogP contribution >= 0.6 is 11.6 Å². The Labute approximate surface area is 189 Å². The number of anilines is 1. The SMILES string of the molecule is CC(=O)Nc1cccc(C(=O)N2CCCN2C(=O)c2nn(-c3ccccc3)nc2C)c1Cl. The highest BCUT2D eigenvalue weighted by atomic mass is 35.5. The van der Waals surface area contributed by atoms with Gasteiger partial charge in [-0.2, -0.15) is 9.90 Å². The van der Waals surface area contributed by atoms with Crippen molar-refractivity contribution in [3.8, 4) is 5.69 Å². The van der Waals surface area contributed by atoms with Gasteiger partial charge in [0.25, 0.3) is 11.8 Å². The van der Waals surface area contributed by atoms with Gasteiger partial charge >= 0.3 is 0 Å². The Morgan fingerprint density at radius 3 is 2.31 bits per heavy atom. The van der Waals surface area contributed by atoms with E-state index < -0.39 is 11.8 Å². The summed E-state index contributed by atoms with van der Waals surface area (Å²) in [6.07, 6.45) is 0.617. The Morgan fingerprint density at radius 2 is 1.62 bits per heavy atom. The van der Waals surface area contributed by atoms with Crippen molar-refractivity contribution in [3.63, 3.8) is 0 Å². The second-order valence-corrected chi connectivity index (χ2v) is 7.70. The van der Waals surface area contributed by atoms with Gasteiger partial charge in [0.2, 0.25) is 5.91 Å². The third-order valence-electron chi connectivity index (χ3n) is 5.01. The number of nitrogens with zero attached hydrogens (tertiary/aromatic N) is 5. The third-order valence-corrected chi connectivity index (χ3v) is 5.42. The molecule has 1 N–H and O–H groups in total. The van der Waals surface area contributed by atoms with Crippen LogP contribution in [0.5, 0.6) is 0 Å². The molecule has 32 heavy (non-hydrogen) atoms. The highest BCUT2D eigenvalue weighted by Gasteiger charge is 2.35. The van der Waals surface area contributed by atoms with Gasteiger partial charge in [-0.15, -0.1) is 5.10 Å². The van der Waals surface area contributed by atoms with E-state index >= 15 is 0 Å². The van der Waals surface area contributed by atoms with Gasteiger partial charge in [0.1, 0.15) is 0 Å². The summed E-state index contributed by atoms with van der Waals surface area (Å²) in [7, 11) is 0. The molecule has 1 fully saturated rings. The molecule has 10 heteroatoms. The highest BCUT2D eigenvalue weighted by Crippen LogP contribution is 2.29. The van der Waals surface area contributed by atoms with E-state index in [1.54, 1.807) is 25.1 Å². The van der Waals surface area contributed by atoms with Gasteiger partial charge in [-0.05, 0) is 37.6 Å². The Bertz CT molecular complexity index is 1190. The Hall–Kier alpha value is -3.72. The first-order valence-corrected chi connectivity index (χ1v) is 10.4. The minimum absolute atomic E-state index is 0.123. The van der Waals surface area contributed by atoms with E-state index in [-0.39, 0.29) is 22.2 Å². The van der Waals surface area contributed by atoms with Crippen LogP contribution in [0, 0.1) is 6.92 Å². The summed E-state index contributed by atoms with van der Waals surface area (Å²) in [6.45, 7) is 3.79. The Kier molecular flexibility index (Phi) is 5.91. The zero-order valence-electron chi connectivity index (χ0n) is 17.6. The van der Waals surface area contributed by atoms with Crippen LogP contribution in [-0.2, 0) is 4.79 Å². The van der Waals surface area contributed by atoms with Crippen molar-refractivity contribution in [3.05, 3.63) is 70.5 Å². The molecule has 0 bridgehead atoms. The molecule has 3 aromatic rings. The molecular weight excluding hydrogens is 432 g/mol. The number of aromatic nitrogens is 3. The maximum Gasteiger partial charge on any atom is 0.294 e. The van der Waals surface area contributed by atoms with Crippen LogP contribution < -0.4 is 5.32 Å². The van der Waals surface area contributed by atoms with Gasteiger partial charge in [-0.3, -0.25) is 14.4 Å². The molecule has 164 valence electrons. The topological polar surface area (TPSA) is 100 Å². The van der Waals surface area contributed by atoms with Crippen molar-refractivity contribution in [2.24, 2.45) is 0 Å². The second-order valence-electron chi connectivity index (χ2n) is 7.32. The maximum absolute atomic E-state index is 13.3. The van der Waals surface area contributed by atoms with Gasteiger partial charge in [-0.1, -0.05) is 35.9 Å². The zero-order chi connectivity index (χ0) is 22.8. The van der Waals surface area contributed by atoms with Crippen LogP contribution in [0.1, 0.15) is 39.9 Å². The maximum atomic E-state index is 13.3. The average Bonchev–Trinajstić information content (AvgIpc) is 3.42. The van der Waals surface area contributed by atoms with E-state index in [9.17, 15) is 14.4 Å². The third kappa shape index (κ3) is 4.06. The summed E-state index contributed by atoms with van der Waals surface area (Å²) in [5.74, 6) is -1.14. The number of halogens is 1. The minimum Gasteiger partial charge on any atom is -0.325 e. The number of rotatable bonds is 4. The van der Waals surface area contributed by atoms with Gasteiger partial charge in [-0.25, -0.2) is 10.0 Å². The van der Waals surface area contributed by atoms with Crippen molar-refractivity contribution in [2.75, 3.05) is 18.4 Å². The molecule has 0 spiro atoms. The summed E-state index contributed by atoms with van der Waals surface area (Å²) < 4.78 is 0. The van der Waals surface area contributed by atoms with Crippen LogP contribution in [0.25, 0.3) is 5.69 Å². The standard InChI is InChI=1S/C22H21ClN6O3/c1-14-20(26-29(25-14)16-8-4-3-5-9-16)22(32)28-13-7-12-27(28)21(31)17-10-6-11-18(19(17)23)24-15(2)30/h3-6,8-11H,7,12-13H2,1-2H3,(H,24,30). The summed E-state index contributed by atoms with van der Waals surface area (Å²) >= 11 is 6.38. The monoisotopic (exact) mass is 452 g/mol. The minimum atomic E-state index is -0.429. The van der Waals surface area contributed by atoms with Gasteiger partial charge < -0.3 is 5.32 Å². The van der Waals surface area contributed by atoms with Crippen molar-refractivity contribution in [1.29, 1.82) is 0 Å². The average molecular weight is 453 g/mol. The van der Waals surface area contributed by atoms with E-state index in [1.165, 1.54) is 21.7 Å². The first-order chi connectivity index (χ1) is 15.4. The van der Waals surface area contributed by atoms with Crippen molar-refractivity contribution in [1.82, 2.24) is 25.0 Å². The number of para-hydroxylation sites is 1. The Balaban J connectivity index is 1.61. The van der Waals surface area contributed by atoms with Crippen LogP contribution in [0.15, 0.2) is 48.5 Å². The van der Waals surface area contributed by atoms with Crippen LogP contribution in [-0.4, -0.2) is 55.8 Å². The number of benzene rings is 2. The lowest BCUT2D eigenvalue weighted by Crippen LogP contribution is -2.45. The quantitative estimate of drug-likeness (QED) is 0.655. The van der Waals surface area contributed by atoms with Gasteiger partial charge in [0, 0.05) is 20.0 Å². The lowest BCUT2D eigenvalue weighted by atomic mass is 10.1. The second kappa shape index (κ2) is 8.80. The number of carbonyl (C=O) groups is 3. The first kappa shape index (κ1) is 21.5. The predicted octanol–water partition coefficient (Wildman–Crippen LogP) is 3.09. The number of aryl methyl sites for hydroxylation is 1. The molecule has 9 nitrogen and oxygen atoms in total. The first-order valence-electron chi connectivity index (χ1n) is 10.1. The summed E-state index contributed by atoms with van der Waals surface area (Å²) in [4.78, 5) is 39.3. The fraction of sp³-hybridized carbons (Fsp3) is 0.227. The van der Waals surface area contributed by atoms with Gasteiger partial charge in [0.15, 0.2) is 5.69 Å². The molecule has 1 aromatic heterocycles. The molecule has 0 saturated carbocycles. The van der Waals surface area contributed by atoms with E-state index in [0.29, 0.717) is 30.9 Å². The smallest absolute Gasteiger partial charge is 0.294 e. The molecule has 1 aliphatic rings. The van der Waals surface area contributed by atoms with E-state index in [1.807, 2.05) is 30.3 Å². The predicted molar refractivity (Wildman–Crippen MR) is 119 cm³/mol. The lowest BCUT2D eigenvalue weighted by molar-refractivity contribution is -0.114. The molecule has 1 aliphatic heterocycles. The van der Waals surface area contributed by atoms with Crippen molar-refractivity contribution in [2.45, 2.75) is 20.3 Å². The van der Waals surface area contributed by atoms with E-state index in [2.05, 4.69) is 15.5 Å². The molecule has 2 heterocycles. The van der Waals surface area contributed by atoms with Crippen LogP contribution in [0.2, 0.25) is 5.02 Å². The molecule has 3 amide bonds. The molecule has 0 radical (unpaired) electrons. The van der Waals surface area contributed by atoms with Crippen molar-refractivity contribution >= 4 is 35.0 Å². The fourth-order valence-corrected chi connectivity index (χ4v) is 3.79. The van der Waals surface area contributed by atoms with Crippen LogP contribution in [0.3, 0.4) is 0 Å². The lowest BCUT2D eigenvalue weighted by Gasteiger charge is -2.27. The molecule has 1 saturated heterocycles. The molecule has 0 unspecified atom stereocenters. The number of hydrazine groups is 1. The number of nitrogens with one attached hydrogen (secondary N) is 1. The normalized spacial score (nSPS) is 13.3. The van der Waals surface area contributed by atoms with Crippen LogP contribution in [0.4, 0.5) is 5.69 Å². The number of carbonyl (C=O) groups excluding carboxylic acids is 3. The zero-order valence-corrected chi connectivity index (χ0v) is 18.3. The summed E-state index contributed by atoms with van der Waals surface area (Å²) in [6, 6.07) is 14.1. The van der Waals surface area contributed by atoms with Gasteiger partial charge in [0.05, 0.1) is 27.7 Å². The largest absolute Gasteiger partial charge is 0.325 e. The summed E-state index contributed by atoms with van der Waals surface area (Å²) in [5, 5.41) is 14.2. The molecule has 2 aromatic carbocycles. The molecule has 0 aliphatic carbocycles. The molecular formula is C22H21ClN6O3. The fourth-order valence-electron chi connectivity index (χ4n) is 3.53. The Morgan fingerprint density at radius 1 is 0.938 bits per heavy atom. The number of hydrogen-bond acceptors (Lipinski definition) is 5. The summed E-state index contributed by atoms with van der Waals surface area (Å²) in [5.41, 5.74) is 1.90. The molecule has 4 rings (SSSR count). The highest BCUT2D eigenvalue weighted by molar-refractivity contribution is 6.36. The number of hydrogen-bond donors (Lipinski definition) is 1. The van der Waals surface area contributed by atoms with E-state index in [0.717, 1.165) is 5.69 Å². The van der Waals surface area contributed by atoms with E-state index in [4.69, 9.17) is 11.6 Å². The molecule has 0 atom stereocenters. The number of amides is 3. The van der Waals surface area contributed by atoms with Crippen molar-refractivity contribution < 1.29 is 14.4 Å².